The molecule has 0 saturated heterocycles. The lowest BCUT2D eigenvalue weighted by molar-refractivity contribution is 0.102. The number of hydrogen-bond acceptors (Lipinski definition) is 6. The van der Waals surface area contributed by atoms with Crippen LogP contribution in [0.2, 0.25) is 0 Å². The molecule has 1 saturated carbocycles. The van der Waals surface area contributed by atoms with Crippen LogP contribution in [0.1, 0.15) is 46.1 Å². The molecule has 0 radical (unpaired) electrons. The average molecular weight is 465 g/mol. The maximum absolute atomic E-state index is 13.3. The van der Waals surface area contributed by atoms with Crippen LogP contribution in [0.5, 0.6) is 0 Å². The van der Waals surface area contributed by atoms with E-state index in [2.05, 4.69) is 62.1 Å². The summed E-state index contributed by atoms with van der Waals surface area (Å²) in [6.07, 6.45) is 3.89. The van der Waals surface area contributed by atoms with Crippen molar-refractivity contribution >= 4 is 22.6 Å². The molecule has 1 aliphatic rings. The molecule has 1 aliphatic carbocycles. The molecule has 9 nitrogen and oxygen atoms in total. The quantitative estimate of drug-likeness (QED) is 0.401. The second-order valence-corrected chi connectivity index (χ2v) is 9.05. The van der Waals surface area contributed by atoms with Gasteiger partial charge in [-0.25, -0.2) is 14.3 Å². The Morgan fingerprint density at radius 2 is 1.91 bits per heavy atom. The number of aryl methyl sites for hydroxylation is 2. The summed E-state index contributed by atoms with van der Waals surface area (Å²) in [5.41, 5.74) is 5.85. The summed E-state index contributed by atoms with van der Waals surface area (Å²) in [6, 6.07) is 18.1. The van der Waals surface area contributed by atoms with E-state index in [0.29, 0.717) is 40.7 Å². The van der Waals surface area contributed by atoms with E-state index in [1.807, 2.05) is 40.6 Å². The van der Waals surface area contributed by atoms with Crippen LogP contribution in [-0.4, -0.2) is 40.9 Å². The number of carbonyl (C=O) groups excluding carboxylic acids is 1. The molecule has 0 aliphatic heterocycles. The van der Waals surface area contributed by atoms with Crippen LogP contribution in [0.3, 0.4) is 0 Å². The largest absolute Gasteiger partial charge is 0.322 e. The van der Waals surface area contributed by atoms with Crippen molar-refractivity contribution in [1.29, 1.82) is 0 Å². The fraction of sp³-hybridized carbons (Fsp3) is 0.231. The third-order valence-electron chi connectivity index (χ3n) is 6.20. The van der Waals surface area contributed by atoms with Gasteiger partial charge < -0.3 is 5.32 Å². The van der Waals surface area contributed by atoms with E-state index >= 15 is 0 Å². The monoisotopic (exact) mass is 464 g/mol. The van der Waals surface area contributed by atoms with Crippen LogP contribution in [0.15, 0.2) is 60.8 Å². The van der Waals surface area contributed by atoms with E-state index in [9.17, 15) is 4.79 Å². The van der Waals surface area contributed by atoms with Gasteiger partial charge in [-0.3, -0.25) is 4.79 Å². The van der Waals surface area contributed by atoms with Crippen LogP contribution < -0.4 is 5.32 Å². The first-order valence-electron chi connectivity index (χ1n) is 11.6. The number of amides is 1. The lowest BCUT2D eigenvalue weighted by Gasteiger charge is -2.10. The SMILES string of the molecule is Cc1ccc(Cn2ncc3c(C(=O)Nc4cccc(-c5nnnn5C5CC5)c4)cc(C)nc32)cc1. The third-order valence-corrected chi connectivity index (χ3v) is 6.20. The molecule has 5 aromatic rings. The van der Waals surface area contributed by atoms with Gasteiger partial charge in [0.05, 0.1) is 29.7 Å². The predicted molar refractivity (Wildman–Crippen MR) is 132 cm³/mol. The van der Waals surface area contributed by atoms with Gasteiger partial charge in [0.15, 0.2) is 11.5 Å². The molecule has 9 heteroatoms. The van der Waals surface area contributed by atoms with E-state index in [0.717, 1.165) is 29.7 Å². The second-order valence-electron chi connectivity index (χ2n) is 9.05. The minimum atomic E-state index is -0.214. The van der Waals surface area contributed by atoms with Crippen LogP contribution in [0, 0.1) is 13.8 Å². The highest BCUT2D eigenvalue weighted by molar-refractivity contribution is 6.12. The molecule has 1 N–H and O–H groups in total. The van der Waals surface area contributed by atoms with Gasteiger partial charge in [0, 0.05) is 16.9 Å². The number of carbonyl (C=O) groups is 1. The summed E-state index contributed by atoms with van der Waals surface area (Å²) in [7, 11) is 0. The Balaban J connectivity index is 1.29. The normalized spacial score (nSPS) is 13.3. The maximum Gasteiger partial charge on any atom is 0.256 e. The number of tetrazole rings is 1. The van der Waals surface area contributed by atoms with Gasteiger partial charge in [-0.05, 0) is 60.9 Å². The van der Waals surface area contributed by atoms with Crippen LogP contribution in [0.25, 0.3) is 22.4 Å². The second kappa shape index (κ2) is 8.43. The number of nitrogens with one attached hydrogen (secondary N) is 1. The van der Waals surface area contributed by atoms with Crippen LogP contribution in [0.4, 0.5) is 5.69 Å². The molecular formula is C26H24N8O. The van der Waals surface area contributed by atoms with Crippen molar-refractivity contribution in [3.8, 4) is 11.4 Å². The Labute approximate surface area is 201 Å². The Morgan fingerprint density at radius 1 is 1.09 bits per heavy atom. The number of anilines is 1. The third kappa shape index (κ3) is 4.16. The minimum absolute atomic E-state index is 0.214. The Hall–Kier alpha value is -4.40. The first-order valence-corrected chi connectivity index (χ1v) is 11.6. The van der Waals surface area contributed by atoms with Crippen molar-refractivity contribution in [3.63, 3.8) is 0 Å². The summed E-state index contributed by atoms with van der Waals surface area (Å²) in [5, 5.41) is 20.4. The topological polar surface area (TPSA) is 103 Å². The molecule has 0 spiro atoms. The highest BCUT2D eigenvalue weighted by Crippen LogP contribution is 2.36. The first-order chi connectivity index (χ1) is 17.0. The number of fused-ring (bicyclic) bond motifs is 1. The number of pyridine rings is 1. The molecule has 3 aromatic heterocycles. The van der Waals surface area contributed by atoms with Crippen LogP contribution in [-0.2, 0) is 6.54 Å². The van der Waals surface area contributed by atoms with Gasteiger partial charge in [-0.1, -0.05) is 42.0 Å². The summed E-state index contributed by atoms with van der Waals surface area (Å²) in [6.45, 7) is 4.53. The smallest absolute Gasteiger partial charge is 0.256 e. The molecule has 0 unspecified atom stereocenters. The molecule has 0 bridgehead atoms. The predicted octanol–water partition coefficient (Wildman–Crippen LogP) is 4.34. The van der Waals surface area contributed by atoms with Crippen LogP contribution >= 0.6 is 0 Å². The van der Waals surface area contributed by atoms with E-state index in [4.69, 9.17) is 0 Å². The molecule has 0 atom stereocenters. The zero-order valence-electron chi connectivity index (χ0n) is 19.5. The highest BCUT2D eigenvalue weighted by atomic mass is 16.1. The van der Waals surface area contributed by atoms with Crippen molar-refractivity contribution in [2.24, 2.45) is 0 Å². The maximum atomic E-state index is 13.3. The summed E-state index contributed by atoms with van der Waals surface area (Å²) in [4.78, 5) is 18.0. The average Bonchev–Trinajstić information content (AvgIpc) is 3.45. The van der Waals surface area contributed by atoms with Crippen molar-refractivity contribution in [2.75, 3.05) is 5.32 Å². The molecule has 3 heterocycles. The number of aromatic nitrogens is 7. The molecule has 35 heavy (non-hydrogen) atoms. The Morgan fingerprint density at radius 3 is 2.71 bits per heavy atom. The molecular weight excluding hydrogens is 440 g/mol. The molecule has 1 fully saturated rings. The lowest BCUT2D eigenvalue weighted by atomic mass is 10.1. The molecule has 2 aromatic carbocycles. The van der Waals surface area contributed by atoms with Crippen molar-refractivity contribution in [2.45, 2.75) is 39.3 Å². The number of benzene rings is 2. The van der Waals surface area contributed by atoms with E-state index in [-0.39, 0.29) is 5.91 Å². The first kappa shape index (κ1) is 21.2. The fourth-order valence-electron chi connectivity index (χ4n) is 4.23. The van der Waals surface area contributed by atoms with Gasteiger partial charge in [-0.2, -0.15) is 5.10 Å². The molecule has 1 amide bonds. The van der Waals surface area contributed by atoms with Gasteiger partial charge in [-0.15, -0.1) is 5.10 Å². The number of rotatable bonds is 6. The highest BCUT2D eigenvalue weighted by Gasteiger charge is 2.28. The van der Waals surface area contributed by atoms with Crippen molar-refractivity contribution in [1.82, 2.24) is 35.0 Å². The van der Waals surface area contributed by atoms with Gasteiger partial charge in [0.2, 0.25) is 0 Å². The zero-order valence-corrected chi connectivity index (χ0v) is 19.5. The van der Waals surface area contributed by atoms with E-state index in [1.54, 1.807) is 12.3 Å². The van der Waals surface area contributed by atoms with Crippen molar-refractivity contribution < 1.29 is 4.79 Å². The van der Waals surface area contributed by atoms with Crippen molar-refractivity contribution in [3.05, 3.63) is 83.2 Å². The standard InChI is InChI=1S/C26H24N8O/c1-16-6-8-18(9-7-16)15-33-25-23(14-27-33)22(12-17(2)28-25)26(35)29-20-5-3-4-19(13-20)24-30-31-32-34(24)21-10-11-21/h3-9,12-14,21H,10-11,15H2,1-2H3,(H,29,35). The van der Waals surface area contributed by atoms with E-state index in [1.165, 1.54) is 5.56 Å². The summed E-state index contributed by atoms with van der Waals surface area (Å²) >= 11 is 0. The van der Waals surface area contributed by atoms with E-state index < -0.39 is 0 Å². The van der Waals surface area contributed by atoms with Gasteiger partial charge >= 0.3 is 0 Å². The lowest BCUT2D eigenvalue weighted by Crippen LogP contribution is -2.13. The Bertz CT molecular complexity index is 1550. The summed E-state index contributed by atoms with van der Waals surface area (Å²) in [5.74, 6) is 0.498. The van der Waals surface area contributed by atoms with Gasteiger partial charge in [0.25, 0.3) is 5.91 Å². The van der Waals surface area contributed by atoms with Gasteiger partial charge in [0.1, 0.15) is 0 Å². The molecule has 6 rings (SSSR count). The zero-order chi connectivity index (χ0) is 23.9. The number of hydrogen-bond donors (Lipinski definition) is 1. The number of nitrogens with zero attached hydrogens (tertiary/aromatic N) is 7. The summed E-state index contributed by atoms with van der Waals surface area (Å²) < 4.78 is 3.70. The fourth-order valence-corrected chi connectivity index (χ4v) is 4.23. The Kier molecular flexibility index (Phi) is 5.09. The minimum Gasteiger partial charge on any atom is -0.322 e. The molecule has 174 valence electrons.